The van der Waals surface area contributed by atoms with E-state index in [-0.39, 0.29) is 0 Å². The number of hydrogen-bond donors (Lipinski definition) is 2. The average Bonchev–Trinajstić information content (AvgIpc) is 2.04. The van der Waals surface area contributed by atoms with E-state index in [0.29, 0.717) is 13.0 Å². The lowest BCUT2D eigenvalue weighted by molar-refractivity contribution is 0.00945. The molecule has 72 valence electrons. The Bertz CT molecular complexity index is 138. The van der Waals surface area contributed by atoms with Crippen LogP contribution in [-0.2, 0) is 0 Å². The molecule has 0 aromatic heterocycles. The standard InChI is InChI=1S/C8H17NO3/c1-3-5-6-9(8(11)12)7(10)4-2/h7,10H,3-6H2,1-2H3,(H,11,12). The summed E-state index contributed by atoms with van der Waals surface area (Å²) in [5.41, 5.74) is 0. The van der Waals surface area contributed by atoms with Crippen LogP contribution in [0.15, 0.2) is 0 Å². The molecule has 0 aromatic carbocycles. The molecule has 1 amide bonds. The van der Waals surface area contributed by atoms with Gasteiger partial charge in [0.15, 0.2) is 0 Å². The number of unbranched alkanes of at least 4 members (excludes halogenated alkanes) is 1. The number of carboxylic acid groups (broad SMARTS) is 1. The van der Waals surface area contributed by atoms with E-state index in [1.165, 1.54) is 0 Å². The lowest BCUT2D eigenvalue weighted by atomic mass is 10.3. The molecule has 0 aliphatic carbocycles. The Balaban J connectivity index is 3.94. The molecule has 1 unspecified atom stereocenters. The molecule has 0 fully saturated rings. The highest BCUT2D eigenvalue weighted by Gasteiger charge is 2.17. The Morgan fingerprint density at radius 3 is 2.42 bits per heavy atom. The smallest absolute Gasteiger partial charge is 0.409 e. The number of aliphatic hydroxyl groups is 1. The molecule has 0 aliphatic heterocycles. The first kappa shape index (κ1) is 11.2. The van der Waals surface area contributed by atoms with E-state index in [1.54, 1.807) is 6.92 Å². The molecule has 2 N–H and O–H groups in total. The maximum absolute atomic E-state index is 10.6. The molecular weight excluding hydrogens is 158 g/mol. The second kappa shape index (κ2) is 5.83. The van der Waals surface area contributed by atoms with Gasteiger partial charge in [-0.2, -0.15) is 0 Å². The van der Waals surface area contributed by atoms with Crippen molar-refractivity contribution in [3.8, 4) is 0 Å². The highest BCUT2D eigenvalue weighted by Crippen LogP contribution is 2.03. The van der Waals surface area contributed by atoms with Gasteiger partial charge in [-0.05, 0) is 12.8 Å². The number of rotatable bonds is 5. The Hall–Kier alpha value is -0.770. The first-order chi connectivity index (χ1) is 5.63. The molecule has 0 radical (unpaired) electrons. The van der Waals surface area contributed by atoms with Gasteiger partial charge < -0.3 is 10.2 Å². The number of amides is 1. The third kappa shape index (κ3) is 3.57. The van der Waals surface area contributed by atoms with Gasteiger partial charge in [0.25, 0.3) is 0 Å². The van der Waals surface area contributed by atoms with Crippen LogP contribution in [-0.4, -0.2) is 34.0 Å². The van der Waals surface area contributed by atoms with Gasteiger partial charge in [-0.15, -0.1) is 0 Å². The Kier molecular flexibility index (Phi) is 5.45. The molecule has 0 rings (SSSR count). The maximum Gasteiger partial charge on any atom is 0.409 e. The minimum Gasteiger partial charge on any atom is -0.465 e. The van der Waals surface area contributed by atoms with Crippen molar-refractivity contribution in [2.24, 2.45) is 0 Å². The third-order valence-corrected chi connectivity index (χ3v) is 1.72. The Morgan fingerprint density at radius 1 is 1.50 bits per heavy atom. The van der Waals surface area contributed by atoms with E-state index < -0.39 is 12.3 Å². The molecule has 0 aromatic rings. The van der Waals surface area contributed by atoms with Crippen LogP contribution in [0.3, 0.4) is 0 Å². The van der Waals surface area contributed by atoms with Crippen LogP contribution in [0.1, 0.15) is 33.1 Å². The summed E-state index contributed by atoms with van der Waals surface area (Å²) in [4.78, 5) is 11.6. The van der Waals surface area contributed by atoms with Crippen LogP contribution < -0.4 is 0 Å². The first-order valence-corrected chi connectivity index (χ1v) is 4.31. The zero-order valence-electron chi connectivity index (χ0n) is 7.66. The molecule has 4 nitrogen and oxygen atoms in total. The zero-order valence-corrected chi connectivity index (χ0v) is 7.66. The van der Waals surface area contributed by atoms with E-state index in [2.05, 4.69) is 0 Å². The largest absolute Gasteiger partial charge is 0.465 e. The predicted octanol–water partition coefficient (Wildman–Crippen LogP) is 1.49. The quantitative estimate of drug-likeness (QED) is 0.622. The minimum atomic E-state index is -1.04. The summed E-state index contributed by atoms with van der Waals surface area (Å²) < 4.78 is 0. The van der Waals surface area contributed by atoms with E-state index in [9.17, 15) is 9.90 Å². The fourth-order valence-electron chi connectivity index (χ4n) is 0.921. The van der Waals surface area contributed by atoms with E-state index >= 15 is 0 Å². The number of aliphatic hydroxyl groups excluding tert-OH is 1. The lowest BCUT2D eigenvalue weighted by Crippen LogP contribution is -2.39. The molecular formula is C8H17NO3. The fourth-order valence-corrected chi connectivity index (χ4v) is 0.921. The second-order valence-corrected chi connectivity index (χ2v) is 2.72. The zero-order chi connectivity index (χ0) is 9.56. The van der Waals surface area contributed by atoms with Gasteiger partial charge in [0.2, 0.25) is 0 Å². The predicted molar refractivity (Wildman–Crippen MR) is 45.9 cm³/mol. The Morgan fingerprint density at radius 2 is 2.08 bits per heavy atom. The van der Waals surface area contributed by atoms with Crippen LogP contribution in [0.5, 0.6) is 0 Å². The average molecular weight is 175 g/mol. The normalized spacial score (nSPS) is 12.6. The van der Waals surface area contributed by atoms with Crippen LogP contribution in [0.25, 0.3) is 0 Å². The molecule has 0 spiro atoms. The minimum absolute atomic E-state index is 0.418. The van der Waals surface area contributed by atoms with Gasteiger partial charge in [-0.25, -0.2) is 4.79 Å². The van der Waals surface area contributed by atoms with Gasteiger partial charge in [0.1, 0.15) is 6.23 Å². The van der Waals surface area contributed by atoms with Gasteiger partial charge in [-0.1, -0.05) is 20.3 Å². The summed E-state index contributed by atoms with van der Waals surface area (Å²) in [7, 11) is 0. The van der Waals surface area contributed by atoms with Gasteiger partial charge in [0.05, 0.1) is 0 Å². The van der Waals surface area contributed by atoms with Gasteiger partial charge in [-0.3, -0.25) is 4.90 Å². The van der Waals surface area contributed by atoms with Crippen molar-refractivity contribution in [1.29, 1.82) is 0 Å². The summed E-state index contributed by atoms with van der Waals surface area (Å²) >= 11 is 0. The summed E-state index contributed by atoms with van der Waals surface area (Å²) in [6.45, 7) is 4.16. The monoisotopic (exact) mass is 175 g/mol. The van der Waals surface area contributed by atoms with E-state index in [1.807, 2.05) is 6.92 Å². The van der Waals surface area contributed by atoms with Crippen molar-refractivity contribution < 1.29 is 15.0 Å². The maximum atomic E-state index is 10.6. The van der Waals surface area contributed by atoms with Crippen molar-refractivity contribution in [3.63, 3.8) is 0 Å². The molecule has 1 atom stereocenters. The van der Waals surface area contributed by atoms with E-state index in [0.717, 1.165) is 17.7 Å². The van der Waals surface area contributed by atoms with E-state index in [4.69, 9.17) is 5.11 Å². The highest BCUT2D eigenvalue weighted by atomic mass is 16.4. The highest BCUT2D eigenvalue weighted by molar-refractivity contribution is 5.65. The van der Waals surface area contributed by atoms with Crippen molar-refractivity contribution in [3.05, 3.63) is 0 Å². The summed E-state index contributed by atoms with van der Waals surface area (Å²) in [6, 6.07) is 0. The third-order valence-electron chi connectivity index (χ3n) is 1.72. The van der Waals surface area contributed by atoms with Crippen molar-refractivity contribution in [1.82, 2.24) is 4.90 Å². The lowest BCUT2D eigenvalue weighted by Gasteiger charge is -2.23. The van der Waals surface area contributed by atoms with Crippen LogP contribution in [0.2, 0.25) is 0 Å². The molecule has 4 heteroatoms. The topological polar surface area (TPSA) is 60.8 Å². The molecule has 0 aliphatic rings. The number of hydrogen-bond acceptors (Lipinski definition) is 2. The van der Waals surface area contributed by atoms with Gasteiger partial charge >= 0.3 is 6.09 Å². The molecule has 12 heavy (non-hydrogen) atoms. The van der Waals surface area contributed by atoms with Crippen LogP contribution in [0.4, 0.5) is 4.79 Å². The number of carbonyl (C=O) groups is 1. The SMILES string of the molecule is CCCCN(C(=O)O)C(O)CC. The second-order valence-electron chi connectivity index (χ2n) is 2.72. The molecule has 0 heterocycles. The Labute approximate surface area is 72.8 Å². The van der Waals surface area contributed by atoms with Gasteiger partial charge in [0, 0.05) is 6.54 Å². The van der Waals surface area contributed by atoms with Crippen molar-refractivity contribution >= 4 is 6.09 Å². The molecule has 0 saturated carbocycles. The summed E-state index contributed by atoms with van der Waals surface area (Å²) in [5, 5.41) is 17.9. The fraction of sp³-hybridized carbons (Fsp3) is 0.875. The van der Waals surface area contributed by atoms with Crippen molar-refractivity contribution in [2.75, 3.05) is 6.54 Å². The summed E-state index contributed by atoms with van der Waals surface area (Å²) in [6.07, 6.45) is 0.270. The molecule has 0 saturated heterocycles. The first-order valence-electron chi connectivity index (χ1n) is 4.31. The molecule has 0 bridgehead atoms. The van der Waals surface area contributed by atoms with Crippen molar-refractivity contribution in [2.45, 2.75) is 39.3 Å². The van der Waals surface area contributed by atoms with Crippen LogP contribution >= 0.6 is 0 Å². The summed E-state index contributed by atoms with van der Waals surface area (Å²) in [5.74, 6) is 0. The number of nitrogens with zero attached hydrogens (tertiary/aromatic N) is 1. The van der Waals surface area contributed by atoms with Crippen LogP contribution in [0, 0.1) is 0 Å².